The van der Waals surface area contributed by atoms with E-state index >= 15 is 0 Å². The van der Waals surface area contributed by atoms with Gasteiger partial charge in [-0.3, -0.25) is 18.8 Å². The maximum Gasteiger partial charge on any atom is 0.264 e. The van der Waals surface area contributed by atoms with Crippen LogP contribution in [0.4, 0.5) is 5.13 Å². The predicted octanol–water partition coefficient (Wildman–Crippen LogP) is 2.08. The lowest BCUT2D eigenvalue weighted by molar-refractivity contribution is -0.116. The van der Waals surface area contributed by atoms with Crippen LogP contribution in [-0.2, 0) is 18.4 Å². The Labute approximate surface area is 152 Å². The number of rotatable bonds is 4. The van der Waals surface area contributed by atoms with Crippen molar-refractivity contribution in [2.24, 2.45) is 7.05 Å². The largest absolute Gasteiger partial charge is 0.302 e. The van der Waals surface area contributed by atoms with Crippen LogP contribution in [0.2, 0.25) is 0 Å². The van der Waals surface area contributed by atoms with Crippen molar-refractivity contribution in [2.75, 3.05) is 5.32 Å². The van der Waals surface area contributed by atoms with Gasteiger partial charge in [0.15, 0.2) is 10.8 Å². The van der Waals surface area contributed by atoms with Crippen LogP contribution >= 0.6 is 11.3 Å². The highest BCUT2D eigenvalue weighted by Gasteiger charge is 2.11. The van der Waals surface area contributed by atoms with Gasteiger partial charge in [0.1, 0.15) is 5.39 Å². The van der Waals surface area contributed by atoms with Crippen molar-refractivity contribution in [1.82, 2.24) is 24.3 Å². The Morgan fingerprint density at radius 1 is 1.35 bits per heavy atom. The Morgan fingerprint density at radius 2 is 2.19 bits per heavy atom. The first-order valence-electron chi connectivity index (χ1n) is 8.06. The fourth-order valence-electron chi connectivity index (χ4n) is 2.77. The molecule has 1 aromatic carbocycles. The number of aryl methyl sites for hydroxylation is 3. The third-order valence-corrected chi connectivity index (χ3v) is 5.10. The molecule has 3 aromatic heterocycles. The summed E-state index contributed by atoms with van der Waals surface area (Å²) < 4.78 is 4.00. The van der Waals surface area contributed by atoms with Crippen molar-refractivity contribution in [3.63, 3.8) is 0 Å². The van der Waals surface area contributed by atoms with E-state index in [0.717, 1.165) is 15.8 Å². The molecule has 8 nitrogen and oxygen atoms in total. The second-order valence-corrected chi connectivity index (χ2v) is 7.02. The number of carbonyl (C=O) groups excluding carboxylic acids is 1. The zero-order valence-corrected chi connectivity index (χ0v) is 15.1. The van der Waals surface area contributed by atoms with E-state index in [2.05, 4.69) is 20.4 Å². The third-order valence-electron chi connectivity index (χ3n) is 4.16. The summed E-state index contributed by atoms with van der Waals surface area (Å²) in [6.07, 6.45) is 3.09. The number of hydrogen-bond donors (Lipinski definition) is 1. The average Bonchev–Trinajstić information content (AvgIpc) is 3.19. The smallest absolute Gasteiger partial charge is 0.264 e. The Kier molecular flexibility index (Phi) is 4.00. The zero-order chi connectivity index (χ0) is 18.3. The summed E-state index contributed by atoms with van der Waals surface area (Å²) >= 11 is 1.43. The van der Waals surface area contributed by atoms with Crippen LogP contribution < -0.4 is 10.9 Å². The highest BCUT2D eigenvalue weighted by molar-refractivity contribution is 7.22. The second kappa shape index (κ2) is 6.34. The van der Waals surface area contributed by atoms with Crippen molar-refractivity contribution in [2.45, 2.75) is 19.9 Å². The van der Waals surface area contributed by atoms with Gasteiger partial charge in [-0.2, -0.15) is 5.10 Å². The van der Waals surface area contributed by atoms with Gasteiger partial charge in [0.05, 0.1) is 22.7 Å². The number of benzene rings is 1. The number of amides is 1. The summed E-state index contributed by atoms with van der Waals surface area (Å²) in [5.74, 6) is -0.195. The van der Waals surface area contributed by atoms with E-state index < -0.39 is 0 Å². The summed E-state index contributed by atoms with van der Waals surface area (Å²) in [6.45, 7) is 2.23. The Balaban J connectivity index is 1.47. The minimum atomic E-state index is -0.202. The number of hydrogen-bond acceptors (Lipinski definition) is 6. The molecule has 0 saturated carbocycles. The maximum atomic E-state index is 12.4. The molecule has 0 aliphatic rings. The molecule has 3 heterocycles. The molecule has 0 aliphatic carbocycles. The normalized spacial score (nSPS) is 11.3. The van der Waals surface area contributed by atoms with Crippen molar-refractivity contribution in [3.8, 4) is 0 Å². The molecule has 4 aromatic rings. The van der Waals surface area contributed by atoms with Gasteiger partial charge < -0.3 is 5.32 Å². The van der Waals surface area contributed by atoms with E-state index in [4.69, 9.17) is 0 Å². The topological polar surface area (TPSA) is 94.7 Å². The SMILES string of the molecule is Cc1cccc2sc(NC(=O)CCn3cnc4c(cnn4C)c3=O)nc12. The maximum absolute atomic E-state index is 12.4. The van der Waals surface area contributed by atoms with Gasteiger partial charge in [-0.15, -0.1) is 0 Å². The van der Waals surface area contributed by atoms with Gasteiger partial charge >= 0.3 is 0 Å². The quantitative estimate of drug-likeness (QED) is 0.595. The summed E-state index contributed by atoms with van der Waals surface area (Å²) in [4.78, 5) is 33.3. The van der Waals surface area contributed by atoms with Crippen LogP contribution in [0.25, 0.3) is 21.3 Å². The number of anilines is 1. The summed E-state index contributed by atoms with van der Waals surface area (Å²) in [7, 11) is 1.73. The van der Waals surface area contributed by atoms with E-state index in [9.17, 15) is 9.59 Å². The standard InChI is InChI=1S/C17H16N6O2S/c1-10-4-3-5-12-14(10)21-17(26-12)20-13(24)6-7-23-9-18-15-11(16(23)25)8-19-22(15)2/h3-5,8-9H,6-7H2,1-2H3,(H,20,21,24). The van der Waals surface area contributed by atoms with Crippen LogP contribution in [0.15, 0.2) is 35.5 Å². The van der Waals surface area contributed by atoms with Gasteiger partial charge in [-0.25, -0.2) is 9.97 Å². The number of carbonyl (C=O) groups is 1. The molecule has 0 spiro atoms. The third kappa shape index (κ3) is 2.86. The lowest BCUT2D eigenvalue weighted by atomic mass is 10.2. The summed E-state index contributed by atoms with van der Waals surface area (Å²) in [5.41, 5.74) is 2.30. The molecule has 0 fully saturated rings. The van der Waals surface area contributed by atoms with E-state index in [1.807, 2.05) is 25.1 Å². The molecule has 132 valence electrons. The first kappa shape index (κ1) is 16.4. The molecule has 0 atom stereocenters. The molecule has 0 radical (unpaired) electrons. The monoisotopic (exact) mass is 368 g/mol. The molecular weight excluding hydrogens is 352 g/mol. The first-order valence-corrected chi connectivity index (χ1v) is 8.88. The Bertz CT molecular complexity index is 1190. The van der Waals surface area contributed by atoms with Crippen LogP contribution in [0.5, 0.6) is 0 Å². The van der Waals surface area contributed by atoms with E-state index in [0.29, 0.717) is 16.2 Å². The van der Waals surface area contributed by atoms with Crippen LogP contribution in [-0.4, -0.2) is 30.2 Å². The fourth-order valence-corrected chi connectivity index (χ4v) is 3.73. The van der Waals surface area contributed by atoms with Gasteiger partial charge in [0.2, 0.25) is 5.91 Å². The van der Waals surface area contributed by atoms with Gasteiger partial charge in [-0.1, -0.05) is 23.5 Å². The number of fused-ring (bicyclic) bond motifs is 2. The number of thiazole rings is 1. The Hall–Kier alpha value is -3.07. The number of aromatic nitrogens is 5. The number of nitrogens with one attached hydrogen (secondary N) is 1. The van der Waals surface area contributed by atoms with Gasteiger partial charge in [0.25, 0.3) is 5.56 Å². The molecule has 0 saturated heterocycles. The fraction of sp³-hybridized carbons (Fsp3) is 0.235. The molecule has 0 bridgehead atoms. The molecule has 1 amide bonds. The van der Waals surface area contributed by atoms with Crippen molar-refractivity contribution in [3.05, 3.63) is 46.6 Å². The van der Waals surface area contributed by atoms with Gasteiger partial charge in [0, 0.05) is 20.0 Å². The summed E-state index contributed by atoms with van der Waals surface area (Å²) in [5, 5.41) is 7.84. The van der Waals surface area contributed by atoms with Crippen molar-refractivity contribution < 1.29 is 4.79 Å². The molecule has 9 heteroatoms. The highest BCUT2D eigenvalue weighted by Crippen LogP contribution is 2.27. The molecular formula is C17H16N6O2S. The van der Waals surface area contributed by atoms with Crippen molar-refractivity contribution >= 4 is 43.6 Å². The second-order valence-electron chi connectivity index (χ2n) is 5.99. The lowest BCUT2D eigenvalue weighted by Crippen LogP contribution is -2.23. The van der Waals surface area contributed by atoms with Crippen LogP contribution in [0.3, 0.4) is 0 Å². The molecule has 26 heavy (non-hydrogen) atoms. The average molecular weight is 368 g/mol. The van der Waals surface area contributed by atoms with Crippen LogP contribution in [0, 0.1) is 6.92 Å². The van der Waals surface area contributed by atoms with Gasteiger partial charge in [-0.05, 0) is 18.6 Å². The minimum Gasteiger partial charge on any atom is -0.302 e. The van der Waals surface area contributed by atoms with E-state index in [1.165, 1.54) is 28.4 Å². The molecule has 0 unspecified atom stereocenters. The predicted molar refractivity (Wildman–Crippen MR) is 100 cm³/mol. The minimum absolute atomic E-state index is 0.155. The highest BCUT2D eigenvalue weighted by atomic mass is 32.1. The number of nitrogens with zero attached hydrogens (tertiary/aromatic N) is 5. The lowest BCUT2D eigenvalue weighted by Gasteiger charge is -2.05. The van der Waals surface area contributed by atoms with Crippen molar-refractivity contribution in [1.29, 1.82) is 0 Å². The van der Waals surface area contributed by atoms with E-state index in [1.54, 1.807) is 11.7 Å². The summed E-state index contributed by atoms with van der Waals surface area (Å²) in [6, 6.07) is 5.93. The number of para-hydroxylation sites is 1. The first-order chi connectivity index (χ1) is 12.5. The van der Waals surface area contributed by atoms with E-state index in [-0.39, 0.29) is 24.4 Å². The molecule has 0 aliphatic heterocycles. The molecule has 1 N–H and O–H groups in total. The Morgan fingerprint density at radius 3 is 3.00 bits per heavy atom. The zero-order valence-electron chi connectivity index (χ0n) is 14.3. The molecule has 4 rings (SSSR count). The van der Waals surface area contributed by atoms with Crippen LogP contribution in [0.1, 0.15) is 12.0 Å².